The van der Waals surface area contributed by atoms with Crippen molar-refractivity contribution in [2.75, 3.05) is 0 Å². The number of rotatable bonds is 10. The van der Waals surface area contributed by atoms with E-state index in [4.69, 9.17) is 0 Å². The molecule has 26 heavy (non-hydrogen) atoms. The first-order valence-electron chi connectivity index (χ1n) is 9.91. The van der Waals surface area contributed by atoms with Crippen molar-refractivity contribution in [3.8, 4) is 0 Å². The molecule has 3 nitrogen and oxygen atoms in total. The van der Waals surface area contributed by atoms with Gasteiger partial charge in [0.2, 0.25) is 0 Å². The number of nitrogens with one attached hydrogen (secondary N) is 2. The Balaban J connectivity index is 2.04. The second kappa shape index (κ2) is 11.3. The van der Waals surface area contributed by atoms with E-state index in [0.29, 0.717) is 0 Å². The average Bonchev–Trinajstić information content (AvgIpc) is 2.69. The topological polar surface area (TPSA) is 41.1 Å². The zero-order chi connectivity index (χ0) is 18.6. The Morgan fingerprint density at radius 2 is 1.12 bits per heavy atom. The number of carbonyl (C=O) groups is 1. The standard InChI is InChI=1S/C23H32N2O/c1-3-5-17-21(19-13-9-7-10-14-19)24-23(26)25-22(18-6-4-2)20-15-11-8-12-16-20/h7-16,21-22H,3-6,17-18H2,1-2H3,(H2,24,25,26). The molecule has 2 N–H and O–H groups in total. The van der Waals surface area contributed by atoms with Gasteiger partial charge in [0, 0.05) is 0 Å². The summed E-state index contributed by atoms with van der Waals surface area (Å²) in [5.41, 5.74) is 2.34. The number of unbranched alkanes of at least 4 members (excludes halogenated alkanes) is 2. The summed E-state index contributed by atoms with van der Waals surface area (Å²) in [6, 6.07) is 20.5. The minimum atomic E-state index is -0.0834. The van der Waals surface area contributed by atoms with Crippen LogP contribution < -0.4 is 10.6 Å². The van der Waals surface area contributed by atoms with Crippen molar-refractivity contribution in [2.45, 2.75) is 64.5 Å². The molecule has 2 rings (SSSR count). The second-order valence-electron chi connectivity index (χ2n) is 6.83. The lowest BCUT2D eigenvalue weighted by Crippen LogP contribution is -2.40. The molecule has 140 valence electrons. The fourth-order valence-electron chi connectivity index (χ4n) is 3.19. The molecular weight excluding hydrogens is 320 g/mol. The Morgan fingerprint density at radius 1 is 0.731 bits per heavy atom. The highest BCUT2D eigenvalue weighted by Gasteiger charge is 2.18. The molecule has 2 aromatic rings. The monoisotopic (exact) mass is 352 g/mol. The van der Waals surface area contributed by atoms with E-state index in [1.54, 1.807) is 0 Å². The molecule has 0 bridgehead atoms. The molecule has 0 fully saturated rings. The quantitative estimate of drug-likeness (QED) is 0.529. The van der Waals surface area contributed by atoms with Gasteiger partial charge in [-0.3, -0.25) is 0 Å². The largest absolute Gasteiger partial charge is 0.331 e. The van der Waals surface area contributed by atoms with Crippen molar-refractivity contribution in [1.29, 1.82) is 0 Å². The van der Waals surface area contributed by atoms with Crippen molar-refractivity contribution < 1.29 is 4.79 Å². The van der Waals surface area contributed by atoms with Crippen LogP contribution in [0.2, 0.25) is 0 Å². The van der Waals surface area contributed by atoms with Crippen molar-refractivity contribution in [3.05, 3.63) is 71.8 Å². The molecule has 2 unspecified atom stereocenters. The van der Waals surface area contributed by atoms with Gasteiger partial charge in [0.1, 0.15) is 0 Å². The lowest BCUT2D eigenvalue weighted by Gasteiger charge is -2.23. The predicted octanol–water partition coefficient (Wildman–Crippen LogP) is 6.15. The maximum absolute atomic E-state index is 12.7. The molecule has 0 aliphatic heterocycles. The molecule has 2 amide bonds. The van der Waals surface area contributed by atoms with E-state index in [0.717, 1.165) is 38.5 Å². The van der Waals surface area contributed by atoms with Gasteiger partial charge in [0.25, 0.3) is 0 Å². The van der Waals surface area contributed by atoms with Crippen LogP contribution in [0.5, 0.6) is 0 Å². The molecule has 0 aromatic heterocycles. The Morgan fingerprint density at radius 3 is 1.46 bits per heavy atom. The molecule has 0 saturated carbocycles. The summed E-state index contributed by atoms with van der Waals surface area (Å²) < 4.78 is 0. The van der Waals surface area contributed by atoms with Crippen LogP contribution in [0.1, 0.15) is 75.6 Å². The number of hydrogen-bond acceptors (Lipinski definition) is 1. The lowest BCUT2D eigenvalue weighted by atomic mass is 10.0. The number of urea groups is 1. The SMILES string of the molecule is CCCCC(NC(=O)NC(CCCC)c1ccccc1)c1ccccc1. The molecule has 0 saturated heterocycles. The third-order valence-corrected chi connectivity index (χ3v) is 4.71. The maximum Gasteiger partial charge on any atom is 0.315 e. The summed E-state index contributed by atoms with van der Waals surface area (Å²) >= 11 is 0. The first kappa shape index (κ1) is 20.0. The third-order valence-electron chi connectivity index (χ3n) is 4.71. The Hall–Kier alpha value is -2.29. The lowest BCUT2D eigenvalue weighted by molar-refractivity contribution is 0.231. The van der Waals surface area contributed by atoms with Crippen LogP contribution in [0.15, 0.2) is 60.7 Å². The summed E-state index contributed by atoms with van der Waals surface area (Å²) in [6.45, 7) is 4.36. The summed E-state index contributed by atoms with van der Waals surface area (Å²) in [4.78, 5) is 12.7. The highest BCUT2D eigenvalue weighted by molar-refractivity contribution is 5.75. The highest BCUT2D eigenvalue weighted by atomic mass is 16.2. The fraction of sp³-hybridized carbons (Fsp3) is 0.435. The summed E-state index contributed by atoms with van der Waals surface area (Å²) in [5.74, 6) is 0. The van der Waals surface area contributed by atoms with Crippen LogP contribution in [-0.4, -0.2) is 6.03 Å². The van der Waals surface area contributed by atoms with E-state index in [2.05, 4.69) is 48.7 Å². The molecule has 0 heterocycles. The number of carbonyl (C=O) groups excluding carboxylic acids is 1. The smallest absolute Gasteiger partial charge is 0.315 e. The summed E-state index contributed by atoms with van der Waals surface area (Å²) in [7, 11) is 0. The molecular formula is C23H32N2O. The van der Waals surface area contributed by atoms with Crippen LogP contribution >= 0.6 is 0 Å². The fourth-order valence-corrected chi connectivity index (χ4v) is 3.19. The van der Waals surface area contributed by atoms with Crippen LogP contribution in [0.3, 0.4) is 0 Å². The van der Waals surface area contributed by atoms with Crippen LogP contribution in [-0.2, 0) is 0 Å². The second-order valence-corrected chi connectivity index (χ2v) is 6.83. The molecule has 2 atom stereocenters. The van der Waals surface area contributed by atoms with E-state index in [-0.39, 0.29) is 18.1 Å². The van der Waals surface area contributed by atoms with Gasteiger partial charge in [-0.2, -0.15) is 0 Å². The van der Waals surface area contributed by atoms with Crippen LogP contribution in [0, 0.1) is 0 Å². The molecule has 0 aliphatic rings. The van der Waals surface area contributed by atoms with Crippen LogP contribution in [0.4, 0.5) is 4.79 Å². The number of amides is 2. The maximum atomic E-state index is 12.7. The van der Waals surface area contributed by atoms with E-state index in [1.165, 1.54) is 11.1 Å². The third kappa shape index (κ3) is 6.55. The van der Waals surface area contributed by atoms with Crippen LogP contribution in [0.25, 0.3) is 0 Å². The van der Waals surface area contributed by atoms with Crippen molar-refractivity contribution >= 4 is 6.03 Å². The molecule has 0 radical (unpaired) electrons. The zero-order valence-corrected chi connectivity index (χ0v) is 16.1. The van der Waals surface area contributed by atoms with Crippen molar-refractivity contribution in [1.82, 2.24) is 10.6 Å². The Kier molecular flexibility index (Phi) is 8.74. The van der Waals surface area contributed by atoms with E-state index >= 15 is 0 Å². The first-order valence-corrected chi connectivity index (χ1v) is 9.91. The van der Waals surface area contributed by atoms with Crippen molar-refractivity contribution in [3.63, 3.8) is 0 Å². The van der Waals surface area contributed by atoms with Gasteiger partial charge >= 0.3 is 6.03 Å². The molecule has 2 aromatic carbocycles. The van der Waals surface area contributed by atoms with Gasteiger partial charge in [-0.25, -0.2) is 4.79 Å². The molecule has 0 spiro atoms. The Labute approximate surface area is 158 Å². The predicted molar refractivity (Wildman–Crippen MR) is 109 cm³/mol. The van der Waals surface area contributed by atoms with Gasteiger partial charge in [-0.05, 0) is 24.0 Å². The van der Waals surface area contributed by atoms with E-state index in [1.807, 2.05) is 36.4 Å². The molecule has 3 heteroatoms. The number of benzene rings is 2. The van der Waals surface area contributed by atoms with Crippen molar-refractivity contribution in [2.24, 2.45) is 0 Å². The van der Waals surface area contributed by atoms with E-state index < -0.39 is 0 Å². The van der Waals surface area contributed by atoms with Gasteiger partial charge in [-0.1, -0.05) is 100 Å². The van der Waals surface area contributed by atoms with Gasteiger partial charge in [-0.15, -0.1) is 0 Å². The minimum Gasteiger partial charge on any atom is -0.331 e. The van der Waals surface area contributed by atoms with E-state index in [9.17, 15) is 4.79 Å². The highest BCUT2D eigenvalue weighted by Crippen LogP contribution is 2.21. The average molecular weight is 353 g/mol. The summed E-state index contributed by atoms with van der Waals surface area (Å²) in [6.07, 6.45) is 6.35. The summed E-state index contributed by atoms with van der Waals surface area (Å²) in [5, 5.41) is 6.39. The molecule has 0 aliphatic carbocycles. The zero-order valence-electron chi connectivity index (χ0n) is 16.1. The normalized spacial score (nSPS) is 13.0. The Bertz CT molecular complexity index is 572. The first-order chi connectivity index (χ1) is 12.7. The van der Waals surface area contributed by atoms with Gasteiger partial charge < -0.3 is 10.6 Å². The van der Waals surface area contributed by atoms with Gasteiger partial charge in [0.05, 0.1) is 12.1 Å². The number of hydrogen-bond donors (Lipinski definition) is 2. The minimum absolute atomic E-state index is 0.0544. The van der Waals surface area contributed by atoms with Gasteiger partial charge in [0.15, 0.2) is 0 Å².